The Balaban J connectivity index is 1.70. The van der Waals surface area contributed by atoms with E-state index in [0.29, 0.717) is 17.9 Å². The van der Waals surface area contributed by atoms with Crippen molar-refractivity contribution in [3.8, 4) is 0 Å². The average molecular weight is 364 g/mol. The molecule has 1 unspecified atom stereocenters. The van der Waals surface area contributed by atoms with Gasteiger partial charge in [-0.2, -0.15) is 11.8 Å². The molecule has 1 aromatic carbocycles. The van der Waals surface area contributed by atoms with Gasteiger partial charge in [-0.1, -0.05) is 35.5 Å². The molecule has 134 valence electrons. The van der Waals surface area contributed by atoms with Crippen LogP contribution in [0.3, 0.4) is 0 Å². The molecule has 0 bridgehead atoms. The number of carboxylic acid groups (broad SMARTS) is 1. The molecule has 0 aliphatic rings. The zero-order valence-electron chi connectivity index (χ0n) is 13.8. The number of carboxylic acids is 1. The van der Waals surface area contributed by atoms with Crippen molar-refractivity contribution >= 4 is 23.8 Å². The first-order chi connectivity index (χ1) is 12.0. The van der Waals surface area contributed by atoms with Crippen molar-refractivity contribution in [2.75, 3.05) is 5.75 Å². The molecule has 0 aliphatic heterocycles. The maximum Gasteiger partial charge on any atom is 0.408 e. The summed E-state index contributed by atoms with van der Waals surface area (Å²) < 4.78 is 6.66. The number of nitrogens with one attached hydrogen (secondary N) is 1. The van der Waals surface area contributed by atoms with Crippen LogP contribution in [0.1, 0.15) is 17.7 Å². The number of amides is 1. The molecule has 2 N–H and O–H groups in total. The van der Waals surface area contributed by atoms with Gasteiger partial charge in [0.1, 0.15) is 12.6 Å². The predicted octanol–water partition coefficient (Wildman–Crippen LogP) is 1.82. The third-order valence-corrected chi connectivity index (χ3v) is 4.28. The lowest BCUT2D eigenvalue weighted by Crippen LogP contribution is -2.41. The number of ether oxygens (including phenoxy) is 1. The van der Waals surface area contributed by atoms with Crippen LogP contribution in [0.5, 0.6) is 0 Å². The summed E-state index contributed by atoms with van der Waals surface area (Å²) in [5.74, 6) is 0.113. The van der Waals surface area contributed by atoms with E-state index in [0.717, 1.165) is 11.3 Å². The number of benzene rings is 1. The van der Waals surface area contributed by atoms with Crippen LogP contribution in [-0.2, 0) is 28.9 Å². The molecule has 1 amide bonds. The van der Waals surface area contributed by atoms with Crippen LogP contribution < -0.4 is 5.32 Å². The molecule has 0 saturated heterocycles. The van der Waals surface area contributed by atoms with Gasteiger partial charge in [0, 0.05) is 19.0 Å². The van der Waals surface area contributed by atoms with E-state index in [-0.39, 0.29) is 6.61 Å². The Bertz CT molecular complexity index is 692. The summed E-state index contributed by atoms with van der Waals surface area (Å²) >= 11 is 1.53. The molecule has 0 fully saturated rings. The summed E-state index contributed by atoms with van der Waals surface area (Å²) in [6.45, 7) is 0.0977. The second-order valence-corrected chi connectivity index (χ2v) is 6.43. The van der Waals surface area contributed by atoms with Crippen LogP contribution in [0.2, 0.25) is 0 Å². The molecule has 8 nitrogen and oxygen atoms in total. The smallest absolute Gasteiger partial charge is 0.408 e. The summed E-state index contributed by atoms with van der Waals surface area (Å²) in [5.41, 5.74) is 1.67. The van der Waals surface area contributed by atoms with Crippen LogP contribution in [0.25, 0.3) is 0 Å². The fraction of sp³-hybridized carbons (Fsp3) is 0.375. The van der Waals surface area contributed by atoms with Gasteiger partial charge in [0.2, 0.25) is 0 Å². The Labute approximate surface area is 149 Å². The monoisotopic (exact) mass is 364 g/mol. The van der Waals surface area contributed by atoms with Gasteiger partial charge >= 0.3 is 12.1 Å². The van der Waals surface area contributed by atoms with Crippen LogP contribution in [0, 0.1) is 0 Å². The largest absolute Gasteiger partial charge is 0.480 e. The van der Waals surface area contributed by atoms with Gasteiger partial charge in [0.25, 0.3) is 0 Å². The van der Waals surface area contributed by atoms with Crippen LogP contribution in [0.15, 0.2) is 36.5 Å². The number of aryl methyl sites for hydroxylation is 1. The van der Waals surface area contributed by atoms with Crippen molar-refractivity contribution in [1.82, 2.24) is 20.3 Å². The summed E-state index contributed by atoms with van der Waals surface area (Å²) in [6, 6.07) is 8.20. The van der Waals surface area contributed by atoms with Gasteiger partial charge in [0.15, 0.2) is 0 Å². The number of hydrogen-bond donors (Lipinski definition) is 2. The summed E-state index contributed by atoms with van der Waals surface area (Å²) in [7, 11) is 1.78. The Morgan fingerprint density at radius 2 is 2.12 bits per heavy atom. The second kappa shape index (κ2) is 9.67. The molecule has 1 atom stereocenters. The number of nitrogens with zero attached hydrogens (tertiary/aromatic N) is 3. The van der Waals surface area contributed by atoms with Gasteiger partial charge in [-0.25, -0.2) is 9.59 Å². The minimum atomic E-state index is -1.09. The van der Waals surface area contributed by atoms with Gasteiger partial charge in [0.05, 0.1) is 5.69 Å². The highest BCUT2D eigenvalue weighted by Gasteiger charge is 2.20. The zero-order chi connectivity index (χ0) is 18.1. The van der Waals surface area contributed by atoms with E-state index < -0.39 is 18.1 Å². The van der Waals surface area contributed by atoms with Crippen LogP contribution >= 0.6 is 11.8 Å². The van der Waals surface area contributed by atoms with E-state index >= 15 is 0 Å². The van der Waals surface area contributed by atoms with Crippen LogP contribution in [-0.4, -0.2) is 44.0 Å². The standard InChI is InChI=1S/C16H20N4O4S/c1-20-9-13(18-19-20)11-25-8-7-14(15(21)22)17-16(23)24-10-12-5-3-2-4-6-12/h2-6,9,14H,7-8,10-11H2,1H3,(H,17,23)(H,21,22). The molecule has 0 spiro atoms. The van der Waals surface area contributed by atoms with E-state index in [1.807, 2.05) is 30.3 Å². The highest BCUT2D eigenvalue weighted by molar-refractivity contribution is 7.98. The van der Waals surface area contributed by atoms with E-state index in [9.17, 15) is 14.7 Å². The fourth-order valence-electron chi connectivity index (χ4n) is 2.00. The molecular formula is C16H20N4O4S. The third-order valence-electron chi connectivity index (χ3n) is 3.25. The maximum absolute atomic E-state index is 11.8. The van der Waals surface area contributed by atoms with Crippen molar-refractivity contribution < 1.29 is 19.4 Å². The lowest BCUT2D eigenvalue weighted by molar-refractivity contribution is -0.139. The summed E-state index contributed by atoms with van der Waals surface area (Å²) in [6.07, 6.45) is 1.36. The van der Waals surface area contributed by atoms with Crippen molar-refractivity contribution in [3.63, 3.8) is 0 Å². The van der Waals surface area contributed by atoms with E-state index in [1.165, 1.54) is 11.8 Å². The van der Waals surface area contributed by atoms with E-state index in [2.05, 4.69) is 15.6 Å². The molecule has 0 aliphatic carbocycles. The normalized spacial score (nSPS) is 11.7. The molecule has 1 aromatic heterocycles. The van der Waals surface area contributed by atoms with Crippen molar-refractivity contribution in [2.24, 2.45) is 7.05 Å². The molecule has 9 heteroatoms. The Hall–Kier alpha value is -2.55. The predicted molar refractivity (Wildman–Crippen MR) is 93.0 cm³/mol. The minimum Gasteiger partial charge on any atom is -0.480 e. The minimum absolute atomic E-state index is 0.0977. The van der Waals surface area contributed by atoms with Crippen molar-refractivity contribution in [1.29, 1.82) is 0 Å². The van der Waals surface area contributed by atoms with E-state index in [4.69, 9.17) is 4.74 Å². The number of aliphatic carboxylic acids is 1. The quantitative estimate of drug-likeness (QED) is 0.654. The third kappa shape index (κ3) is 6.84. The number of carbonyl (C=O) groups is 2. The zero-order valence-corrected chi connectivity index (χ0v) is 14.6. The Morgan fingerprint density at radius 1 is 1.36 bits per heavy atom. The number of hydrogen-bond acceptors (Lipinski definition) is 6. The highest BCUT2D eigenvalue weighted by Crippen LogP contribution is 2.12. The lowest BCUT2D eigenvalue weighted by atomic mass is 10.2. The second-order valence-electron chi connectivity index (χ2n) is 5.32. The van der Waals surface area contributed by atoms with Crippen molar-refractivity contribution in [3.05, 3.63) is 47.8 Å². The van der Waals surface area contributed by atoms with Gasteiger partial charge in [-0.05, 0) is 17.7 Å². The van der Waals surface area contributed by atoms with Crippen LogP contribution in [0.4, 0.5) is 4.79 Å². The van der Waals surface area contributed by atoms with Gasteiger partial charge in [-0.15, -0.1) is 5.10 Å². The summed E-state index contributed by atoms with van der Waals surface area (Å²) in [4.78, 5) is 23.0. The SMILES string of the molecule is Cn1cc(CSCCC(NC(=O)OCc2ccccc2)C(=O)O)nn1. The first kappa shape index (κ1) is 18.8. The first-order valence-electron chi connectivity index (χ1n) is 7.67. The molecule has 0 saturated carbocycles. The number of rotatable bonds is 9. The molecule has 0 radical (unpaired) electrons. The van der Waals surface area contributed by atoms with Gasteiger partial charge < -0.3 is 15.2 Å². The highest BCUT2D eigenvalue weighted by atomic mass is 32.2. The maximum atomic E-state index is 11.8. The molecule has 2 rings (SSSR count). The van der Waals surface area contributed by atoms with Gasteiger partial charge in [-0.3, -0.25) is 4.68 Å². The van der Waals surface area contributed by atoms with Crippen molar-refractivity contribution in [2.45, 2.75) is 24.8 Å². The number of carbonyl (C=O) groups excluding carboxylic acids is 1. The molecule has 1 heterocycles. The molecule has 2 aromatic rings. The number of alkyl carbamates (subject to hydrolysis) is 1. The lowest BCUT2D eigenvalue weighted by Gasteiger charge is -2.14. The first-order valence-corrected chi connectivity index (χ1v) is 8.83. The Morgan fingerprint density at radius 3 is 2.76 bits per heavy atom. The average Bonchev–Trinajstić information content (AvgIpc) is 3.01. The van der Waals surface area contributed by atoms with E-state index in [1.54, 1.807) is 17.9 Å². The fourth-order valence-corrected chi connectivity index (χ4v) is 2.89. The molecular weight excluding hydrogens is 344 g/mol. The number of aromatic nitrogens is 3. The topological polar surface area (TPSA) is 106 Å². The number of thioether (sulfide) groups is 1. The Kier molecular flexibility index (Phi) is 7.27. The summed E-state index contributed by atoms with van der Waals surface area (Å²) in [5, 5.41) is 19.4. The molecule has 25 heavy (non-hydrogen) atoms.